The van der Waals surface area contributed by atoms with E-state index in [1.54, 1.807) is 0 Å². The van der Waals surface area contributed by atoms with Gasteiger partial charge in [0.25, 0.3) is 0 Å². The van der Waals surface area contributed by atoms with Gasteiger partial charge in [-0.05, 0) is 52.7 Å². The Morgan fingerprint density at radius 1 is 1.25 bits per heavy atom. The monoisotopic (exact) mass is 368 g/mol. The number of alkyl halides is 1. The van der Waals surface area contributed by atoms with Crippen molar-refractivity contribution in [3.8, 4) is 5.69 Å². The van der Waals surface area contributed by atoms with Gasteiger partial charge in [-0.25, -0.2) is 4.98 Å². The Morgan fingerprint density at radius 2 is 2.05 bits per heavy atom. The van der Waals surface area contributed by atoms with Crippen LogP contribution in [0.15, 0.2) is 40.9 Å². The van der Waals surface area contributed by atoms with Gasteiger partial charge in [-0.15, -0.1) is 11.6 Å². The number of hydrogen-bond donors (Lipinski definition) is 0. The average molecular weight is 370 g/mol. The molecule has 102 valence electrons. The van der Waals surface area contributed by atoms with E-state index >= 15 is 0 Å². The van der Waals surface area contributed by atoms with Crippen LogP contribution in [0.4, 0.5) is 0 Å². The van der Waals surface area contributed by atoms with E-state index in [-0.39, 0.29) is 0 Å². The summed E-state index contributed by atoms with van der Waals surface area (Å²) < 4.78 is 3.00. The minimum Gasteiger partial charge on any atom is -0.293 e. The van der Waals surface area contributed by atoms with Crippen molar-refractivity contribution in [3.05, 3.63) is 57.3 Å². The molecule has 2 nitrogen and oxygen atoms in total. The molecule has 0 radical (unpaired) electrons. The third-order valence-corrected chi connectivity index (χ3v) is 4.37. The third-order valence-electron chi connectivity index (χ3n) is 3.16. The Balaban J connectivity index is 2.42. The van der Waals surface area contributed by atoms with Crippen LogP contribution in [0, 0.1) is 6.92 Å². The highest BCUT2D eigenvalue weighted by atomic mass is 79.9. The summed E-state index contributed by atoms with van der Waals surface area (Å²) >= 11 is 16.0. The molecule has 0 saturated carbocycles. The molecule has 1 aromatic heterocycles. The standard InChI is InChI=1S/C15H11BrCl2N2/c1-9-5-6-10(16)13(7-9)20-14(8-17)19-12-4-2-3-11(18)15(12)20/h2-7H,8H2,1H3. The van der Waals surface area contributed by atoms with Crippen LogP contribution in [0.25, 0.3) is 16.7 Å². The molecule has 0 aliphatic carbocycles. The summed E-state index contributed by atoms with van der Waals surface area (Å²) in [7, 11) is 0. The van der Waals surface area contributed by atoms with Crippen molar-refractivity contribution < 1.29 is 0 Å². The SMILES string of the molecule is Cc1ccc(Br)c(-n2c(CCl)nc3cccc(Cl)c32)c1. The quantitative estimate of drug-likeness (QED) is 0.546. The number of benzene rings is 2. The highest BCUT2D eigenvalue weighted by Crippen LogP contribution is 2.32. The molecule has 20 heavy (non-hydrogen) atoms. The van der Waals surface area contributed by atoms with Crippen molar-refractivity contribution in [2.24, 2.45) is 0 Å². The number of para-hydroxylation sites is 1. The first-order valence-electron chi connectivity index (χ1n) is 6.10. The molecular weight excluding hydrogens is 359 g/mol. The molecule has 0 amide bonds. The lowest BCUT2D eigenvalue weighted by Gasteiger charge is -2.11. The molecule has 0 fully saturated rings. The molecule has 0 saturated heterocycles. The smallest absolute Gasteiger partial charge is 0.129 e. The second-order valence-electron chi connectivity index (χ2n) is 4.56. The van der Waals surface area contributed by atoms with E-state index in [0.29, 0.717) is 10.9 Å². The van der Waals surface area contributed by atoms with E-state index in [1.165, 1.54) is 0 Å². The zero-order valence-corrected chi connectivity index (χ0v) is 13.8. The van der Waals surface area contributed by atoms with Gasteiger partial charge in [0, 0.05) is 4.47 Å². The first-order chi connectivity index (χ1) is 9.61. The van der Waals surface area contributed by atoms with Crippen LogP contribution < -0.4 is 0 Å². The number of fused-ring (bicyclic) bond motifs is 1. The molecule has 0 spiro atoms. The van der Waals surface area contributed by atoms with Crippen LogP contribution in [0.1, 0.15) is 11.4 Å². The van der Waals surface area contributed by atoms with Crippen LogP contribution in [-0.2, 0) is 5.88 Å². The van der Waals surface area contributed by atoms with Gasteiger partial charge in [0.15, 0.2) is 0 Å². The Morgan fingerprint density at radius 3 is 2.80 bits per heavy atom. The lowest BCUT2D eigenvalue weighted by Crippen LogP contribution is -2.01. The zero-order chi connectivity index (χ0) is 14.3. The molecule has 0 N–H and O–H groups in total. The molecule has 5 heteroatoms. The zero-order valence-electron chi connectivity index (χ0n) is 10.7. The maximum absolute atomic E-state index is 6.36. The van der Waals surface area contributed by atoms with Gasteiger partial charge in [-0.1, -0.05) is 23.7 Å². The van der Waals surface area contributed by atoms with Crippen LogP contribution in [0.5, 0.6) is 0 Å². The van der Waals surface area contributed by atoms with Crippen molar-refractivity contribution in [2.45, 2.75) is 12.8 Å². The van der Waals surface area contributed by atoms with Crippen LogP contribution in [0.3, 0.4) is 0 Å². The van der Waals surface area contributed by atoms with Crippen molar-refractivity contribution in [3.63, 3.8) is 0 Å². The van der Waals surface area contributed by atoms with E-state index < -0.39 is 0 Å². The molecule has 3 rings (SSSR count). The van der Waals surface area contributed by atoms with Gasteiger partial charge in [-0.3, -0.25) is 4.57 Å². The van der Waals surface area contributed by atoms with Gasteiger partial charge < -0.3 is 0 Å². The Labute approximate surface area is 135 Å². The molecule has 1 heterocycles. The van der Waals surface area contributed by atoms with Crippen LogP contribution >= 0.6 is 39.1 Å². The predicted octanol–water partition coefficient (Wildman–Crippen LogP) is 5.49. The number of nitrogens with zero attached hydrogens (tertiary/aromatic N) is 2. The summed E-state index contributed by atoms with van der Waals surface area (Å²) in [6.45, 7) is 2.05. The second kappa shape index (κ2) is 5.40. The fourth-order valence-corrected chi connectivity index (χ4v) is 3.13. The minimum atomic E-state index is 0.325. The van der Waals surface area contributed by atoms with Gasteiger partial charge in [0.1, 0.15) is 5.82 Å². The molecule has 0 bridgehead atoms. The third kappa shape index (κ3) is 2.24. The maximum Gasteiger partial charge on any atom is 0.129 e. The summed E-state index contributed by atoms with van der Waals surface area (Å²) in [5.74, 6) is 1.10. The van der Waals surface area contributed by atoms with Gasteiger partial charge >= 0.3 is 0 Å². The van der Waals surface area contributed by atoms with E-state index in [2.05, 4.69) is 40.0 Å². The summed E-state index contributed by atoms with van der Waals surface area (Å²) in [6, 6.07) is 11.9. The van der Waals surface area contributed by atoms with Crippen molar-refractivity contribution in [1.29, 1.82) is 0 Å². The lowest BCUT2D eigenvalue weighted by atomic mass is 10.2. The Hall–Kier alpha value is -1.03. The topological polar surface area (TPSA) is 17.8 Å². The summed E-state index contributed by atoms with van der Waals surface area (Å²) in [5, 5.41) is 0.666. The minimum absolute atomic E-state index is 0.325. The molecular formula is C15H11BrCl2N2. The highest BCUT2D eigenvalue weighted by molar-refractivity contribution is 9.10. The first-order valence-corrected chi connectivity index (χ1v) is 7.80. The van der Waals surface area contributed by atoms with Gasteiger partial charge in [0.2, 0.25) is 0 Å². The number of hydrogen-bond acceptors (Lipinski definition) is 1. The number of imidazole rings is 1. The Kier molecular flexibility index (Phi) is 3.76. The molecule has 0 aliphatic rings. The average Bonchev–Trinajstić information content (AvgIpc) is 2.81. The van der Waals surface area contributed by atoms with Crippen molar-refractivity contribution in [2.75, 3.05) is 0 Å². The summed E-state index contributed by atoms with van der Waals surface area (Å²) in [6.07, 6.45) is 0. The van der Waals surface area contributed by atoms with E-state index in [9.17, 15) is 0 Å². The fourth-order valence-electron chi connectivity index (χ4n) is 2.28. The van der Waals surface area contributed by atoms with Crippen molar-refractivity contribution >= 4 is 50.2 Å². The lowest BCUT2D eigenvalue weighted by molar-refractivity contribution is 0.975. The number of halogens is 3. The largest absolute Gasteiger partial charge is 0.293 e. The van der Waals surface area contributed by atoms with Crippen LogP contribution in [0.2, 0.25) is 5.02 Å². The number of aromatic nitrogens is 2. The molecule has 0 atom stereocenters. The first kappa shape index (κ1) is 13.9. The summed E-state index contributed by atoms with van der Waals surface area (Å²) in [4.78, 5) is 4.56. The van der Waals surface area contributed by atoms with Gasteiger partial charge in [0.05, 0.1) is 27.6 Å². The van der Waals surface area contributed by atoms with Gasteiger partial charge in [-0.2, -0.15) is 0 Å². The van der Waals surface area contributed by atoms with E-state index in [1.807, 2.05) is 28.8 Å². The Bertz CT molecular complexity index is 796. The second-order valence-corrected chi connectivity index (χ2v) is 6.09. The number of aryl methyl sites for hydroxylation is 1. The fraction of sp³-hybridized carbons (Fsp3) is 0.133. The van der Waals surface area contributed by atoms with Crippen LogP contribution in [-0.4, -0.2) is 9.55 Å². The highest BCUT2D eigenvalue weighted by Gasteiger charge is 2.16. The molecule has 2 aromatic carbocycles. The van der Waals surface area contributed by atoms with E-state index in [0.717, 1.165) is 32.6 Å². The number of rotatable bonds is 2. The molecule has 0 aliphatic heterocycles. The maximum atomic E-state index is 6.36. The summed E-state index contributed by atoms with van der Waals surface area (Å²) in [5.41, 5.74) is 3.89. The predicted molar refractivity (Wildman–Crippen MR) is 88.1 cm³/mol. The van der Waals surface area contributed by atoms with Crippen molar-refractivity contribution in [1.82, 2.24) is 9.55 Å². The molecule has 0 unspecified atom stereocenters. The normalized spacial score (nSPS) is 11.2. The molecule has 3 aromatic rings. The van der Waals surface area contributed by atoms with E-state index in [4.69, 9.17) is 23.2 Å².